The Morgan fingerprint density at radius 2 is 1.94 bits per heavy atom. The van der Waals surface area contributed by atoms with Crippen molar-refractivity contribution in [3.8, 4) is 12.1 Å². The minimum absolute atomic E-state index is 0.230. The Kier molecular flexibility index (Phi) is 3.74. The molecule has 1 aromatic heterocycles. The molecule has 0 spiro atoms. The molecule has 88 valence electrons. The lowest BCUT2D eigenvalue weighted by Gasteiger charge is -2.14. The van der Waals surface area contributed by atoms with Gasteiger partial charge in [0.25, 0.3) is 0 Å². The van der Waals surface area contributed by atoms with Gasteiger partial charge in [0.15, 0.2) is 11.4 Å². The Morgan fingerprint density at radius 3 is 2.59 bits per heavy atom. The normalized spacial score (nSPS) is 15.6. The van der Waals surface area contributed by atoms with Gasteiger partial charge < -0.3 is 9.47 Å². The minimum atomic E-state index is 0.230. The monoisotopic (exact) mass is 229 g/mol. The first-order valence-corrected chi connectivity index (χ1v) is 5.93. The van der Waals surface area contributed by atoms with Crippen molar-refractivity contribution in [2.75, 3.05) is 19.6 Å². The van der Waals surface area contributed by atoms with Crippen molar-refractivity contribution in [1.82, 2.24) is 14.5 Å². The molecule has 0 radical (unpaired) electrons. The Bertz CT molecular complexity index is 456. The summed E-state index contributed by atoms with van der Waals surface area (Å²) in [5, 5.41) is 17.7. The molecule has 1 aliphatic heterocycles. The molecule has 0 aromatic carbocycles. The lowest BCUT2D eigenvalue weighted by Crippen LogP contribution is -2.21. The molecule has 5 nitrogen and oxygen atoms in total. The molecule has 0 unspecified atom stereocenters. The van der Waals surface area contributed by atoms with Gasteiger partial charge in [0.2, 0.25) is 0 Å². The van der Waals surface area contributed by atoms with E-state index in [-0.39, 0.29) is 5.69 Å². The van der Waals surface area contributed by atoms with Gasteiger partial charge in [0, 0.05) is 6.54 Å². The van der Waals surface area contributed by atoms with E-state index in [9.17, 15) is 0 Å². The quantitative estimate of drug-likeness (QED) is 0.775. The fraction of sp³-hybridized carbons (Fsp3) is 0.583. The summed E-state index contributed by atoms with van der Waals surface area (Å²) in [6.07, 6.45) is 5.18. The van der Waals surface area contributed by atoms with Crippen LogP contribution in [0.2, 0.25) is 0 Å². The van der Waals surface area contributed by atoms with E-state index in [2.05, 4.69) is 9.88 Å². The molecule has 1 saturated heterocycles. The van der Waals surface area contributed by atoms with Crippen molar-refractivity contribution < 1.29 is 0 Å². The number of hydrogen-bond donors (Lipinski definition) is 0. The van der Waals surface area contributed by atoms with E-state index in [4.69, 9.17) is 10.5 Å². The van der Waals surface area contributed by atoms with E-state index < -0.39 is 0 Å². The Balaban J connectivity index is 1.88. The predicted molar refractivity (Wildman–Crippen MR) is 61.9 cm³/mol. The van der Waals surface area contributed by atoms with Crippen LogP contribution in [0.25, 0.3) is 0 Å². The second-order valence-electron chi connectivity index (χ2n) is 4.26. The number of aromatic nitrogens is 2. The van der Waals surface area contributed by atoms with Crippen LogP contribution in [0.3, 0.4) is 0 Å². The van der Waals surface area contributed by atoms with Gasteiger partial charge >= 0.3 is 0 Å². The third-order valence-electron chi connectivity index (χ3n) is 3.12. The summed E-state index contributed by atoms with van der Waals surface area (Å²) in [4.78, 5) is 6.36. The van der Waals surface area contributed by atoms with E-state index in [0.29, 0.717) is 5.69 Å². The summed E-state index contributed by atoms with van der Waals surface area (Å²) in [6, 6.07) is 3.97. The van der Waals surface area contributed by atoms with E-state index in [0.717, 1.165) is 19.5 Å². The second kappa shape index (κ2) is 5.47. The van der Waals surface area contributed by atoms with Crippen LogP contribution in [-0.4, -0.2) is 34.1 Å². The molecule has 0 bridgehead atoms. The maximum Gasteiger partial charge on any atom is 0.176 e. The van der Waals surface area contributed by atoms with Crippen LogP contribution in [-0.2, 0) is 6.54 Å². The number of likely N-dealkylation sites (tertiary alicyclic amines) is 1. The van der Waals surface area contributed by atoms with Gasteiger partial charge in [-0.25, -0.2) is 4.98 Å². The second-order valence-corrected chi connectivity index (χ2v) is 4.26. The molecule has 2 rings (SSSR count). The van der Waals surface area contributed by atoms with Gasteiger partial charge in [-0.1, -0.05) is 0 Å². The van der Waals surface area contributed by atoms with Crippen molar-refractivity contribution in [2.45, 2.75) is 25.8 Å². The lowest BCUT2D eigenvalue weighted by molar-refractivity contribution is 0.325. The van der Waals surface area contributed by atoms with Gasteiger partial charge in [0.05, 0.1) is 6.33 Å². The summed E-state index contributed by atoms with van der Waals surface area (Å²) in [5.41, 5.74) is 0.614. The maximum atomic E-state index is 8.96. The lowest BCUT2D eigenvalue weighted by atomic mass is 10.3. The largest absolute Gasteiger partial charge is 0.321 e. The highest BCUT2D eigenvalue weighted by Gasteiger charge is 2.12. The zero-order valence-electron chi connectivity index (χ0n) is 9.76. The van der Waals surface area contributed by atoms with Crippen molar-refractivity contribution in [3.63, 3.8) is 0 Å². The molecule has 0 saturated carbocycles. The summed E-state index contributed by atoms with van der Waals surface area (Å²) in [7, 11) is 0. The Labute approximate surface area is 101 Å². The average Bonchev–Trinajstić information content (AvgIpc) is 2.97. The van der Waals surface area contributed by atoms with Crippen LogP contribution < -0.4 is 0 Å². The third kappa shape index (κ3) is 2.64. The molecule has 17 heavy (non-hydrogen) atoms. The van der Waals surface area contributed by atoms with Gasteiger partial charge in [-0.15, -0.1) is 0 Å². The average molecular weight is 229 g/mol. The summed E-state index contributed by atoms with van der Waals surface area (Å²) in [6.45, 7) is 4.20. The highest BCUT2D eigenvalue weighted by Crippen LogP contribution is 2.09. The third-order valence-corrected chi connectivity index (χ3v) is 3.12. The van der Waals surface area contributed by atoms with Crippen LogP contribution in [0, 0.1) is 22.7 Å². The standard InChI is InChI=1S/C12H15N5/c13-8-11-12(9-14)17(10-15-11)7-3-6-16-4-1-2-5-16/h10H,1-7H2. The van der Waals surface area contributed by atoms with Crippen LogP contribution in [0.15, 0.2) is 6.33 Å². The molecule has 2 heterocycles. The number of nitrogens with zero attached hydrogens (tertiary/aromatic N) is 5. The summed E-state index contributed by atoms with van der Waals surface area (Å²) < 4.78 is 1.77. The smallest absolute Gasteiger partial charge is 0.176 e. The van der Waals surface area contributed by atoms with Gasteiger partial charge in [0.1, 0.15) is 12.1 Å². The molecule has 5 heteroatoms. The van der Waals surface area contributed by atoms with Crippen LogP contribution in [0.5, 0.6) is 0 Å². The van der Waals surface area contributed by atoms with Crippen LogP contribution >= 0.6 is 0 Å². The Morgan fingerprint density at radius 1 is 1.18 bits per heavy atom. The molecule has 0 amide bonds. The zero-order valence-corrected chi connectivity index (χ0v) is 9.76. The molecule has 1 aliphatic rings. The number of hydrogen-bond acceptors (Lipinski definition) is 4. The van der Waals surface area contributed by atoms with Gasteiger partial charge in [-0.05, 0) is 38.9 Å². The number of imidazole rings is 1. The van der Waals surface area contributed by atoms with Gasteiger partial charge in [-0.2, -0.15) is 10.5 Å². The fourth-order valence-electron chi connectivity index (χ4n) is 2.22. The fourth-order valence-corrected chi connectivity index (χ4v) is 2.22. The summed E-state index contributed by atoms with van der Waals surface area (Å²) >= 11 is 0. The van der Waals surface area contributed by atoms with Crippen molar-refractivity contribution in [2.24, 2.45) is 0 Å². The van der Waals surface area contributed by atoms with E-state index >= 15 is 0 Å². The molecular weight excluding hydrogens is 214 g/mol. The number of rotatable bonds is 4. The van der Waals surface area contributed by atoms with E-state index in [1.807, 2.05) is 12.1 Å². The first kappa shape index (κ1) is 11.6. The highest BCUT2D eigenvalue weighted by atomic mass is 15.1. The Hall–Kier alpha value is -1.85. The minimum Gasteiger partial charge on any atom is -0.321 e. The number of nitriles is 2. The van der Waals surface area contributed by atoms with Gasteiger partial charge in [-0.3, -0.25) is 0 Å². The predicted octanol–water partition coefficient (Wildman–Crippen LogP) is 1.11. The maximum absolute atomic E-state index is 8.96. The highest BCUT2D eigenvalue weighted by molar-refractivity contribution is 5.35. The SMILES string of the molecule is N#Cc1ncn(CCCN2CCCC2)c1C#N. The van der Waals surface area contributed by atoms with Crippen molar-refractivity contribution >= 4 is 0 Å². The van der Waals surface area contributed by atoms with Crippen LogP contribution in [0.1, 0.15) is 30.7 Å². The van der Waals surface area contributed by atoms with Crippen molar-refractivity contribution in [3.05, 3.63) is 17.7 Å². The molecule has 0 aliphatic carbocycles. The van der Waals surface area contributed by atoms with Crippen LogP contribution in [0.4, 0.5) is 0 Å². The summed E-state index contributed by atoms with van der Waals surface area (Å²) in [5.74, 6) is 0. The first-order chi connectivity index (χ1) is 8.35. The van der Waals surface area contributed by atoms with E-state index in [1.54, 1.807) is 10.9 Å². The molecule has 0 atom stereocenters. The van der Waals surface area contributed by atoms with E-state index in [1.165, 1.54) is 25.9 Å². The van der Waals surface area contributed by atoms with Crippen molar-refractivity contribution in [1.29, 1.82) is 10.5 Å². The molecule has 1 aromatic rings. The zero-order chi connectivity index (χ0) is 12.1. The molecule has 0 N–H and O–H groups in total. The molecule has 1 fully saturated rings. The first-order valence-electron chi connectivity index (χ1n) is 5.93. The molecular formula is C12H15N5. The topological polar surface area (TPSA) is 68.6 Å². The number of aryl methyl sites for hydroxylation is 1.